The average molecular weight is 537 g/mol. The van der Waals surface area contributed by atoms with Crippen LogP contribution in [0.4, 0.5) is 0 Å². The molecule has 192 valence electrons. The smallest absolute Gasteiger partial charge is 0.308 e. The third-order valence-electron chi connectivity index (χ3n) is 5.58. The van der Waals surface area contributed by atoms with Gasteiger partial charge >= 0.3 is 5.97 Å². The van der Waals surface area contributed by atoms with Crippen LogP contribution in [0.3, 0.4) is 0 Å². The van der Waals surface area contributed by atoms with Crippen molar-refractivity contribution in [3.8, 4) is 17.2 Å². The van der Waals surface area contributed by atoms with Gasteiger partial charge in [-0.25, -0.2) is 0 Å². The minimum atomic E-state index is -0.930. The molecule has 0 aromatic heterocycles. The quantitative estimate of drug-likeness (QED) is 0.178. The molecule has 1 aliphatic rings. The van der Waals surface area contributed by atoms with E-state index >= 15 is 0 Å². The van der Waals surface area contributed by atoms with Crippen molar-refractivity contribution < 1.29 is 33.7 Å². The molecule has 0 aliphatic carbocycles. The zero-order valence-electron chi connectivity index (χ0n) is 20.4. The Morgan fingerprint density at radius 1 is 1.08 bits per heavy atom. The number of rotatable bonds is 8. The van der Waals surface area contributed by atoms with Crippen molar-refractivity contribution in [2.24, 2.45) is 0 Å². The standard InChI is InChI=1S/C25H26Cl2N2O7/c1-13(30)36-15-8-6-14(7-9-15)20-18(22(32)25(33)29(20)11-10-28(2)3)21(31)16-12-17(26)24(35-5)19(27)23(16)34-4/h6-9,12,20,31H,10-11H2,1-5H3/b21-18+. The van der Waals surface area contributed by atoms with Gasteiger partial charge in [-0.1, -0.05) is 35.3 Å². The fourth-order valence-electron chi connectivity index (χ4n) is 3.94. The molecule has 11 heteroatoms. The average Bonchev–Trinajstić information content (AvgIpc) is 3.07. The van der Waals surface area contributed by atoms with Gasteiger partial charge in [0.05, 0.1) is 36.4 Å². The predicted octanol–water partition coefficient (Wildman–Crippen LogP) is 3.92. The number of carbonyl (C=O) groups excluding carboxylic acids is 3. The number of benzene rings is 2. The molecule has 0 spiro atoms. The summed E-state index contributed by atoms with van der Waals surface area (Å²) < 4.78 is 15.7. The second-order valence-electron chi connectivity index (χ2n) is 8.24. The molecule has 3 rings (SSSR count). The van der Waals surface area contributed by atoms with Crippen molar-refractivity contribution in [1.29, 1.82) is 0 Å². The summed E-state index contributed by atoms with van der Waals surface area (Å²) in [7, 11) is 6.39. The van der Waals surface area contributed by atoms with Gasteiger partial charge < -0.3 is 29.1 Å². The lowest BCUT2D eigenvalue weighted by atomic mass is 9.94. The Kier molecular flexibility index (Phi) is 8.50. The van der Waals surface area contributed by atoms with E-state index in [2.05, 4.69) is 0 Å². The second kappa shape index (κ2) is 11.2. The molecule has 1 unspecified atom stereocenters. The SMILES string of the molecule is COc1c(Cl)cc(/C(O)=C2\C(=O)C(=O)N(CCN(C)C)C2c2ccc(OC(C)=O)cc2)c(OC)c1Cl. The molecule has 0 radical (unpaired) electrons. The van der Waals surface area contributed by atoms with Gasteiger partial charge in [0.25, 0.3) is 11.7 Å². The number of amides is 1. The van der Waals surface area contributed by atoms with Crippen molar-refractivity contribution in [2.45, 2.75) is 13.0 Å². The molecule has 2 aromatic rings. The third-order valence-corrected chi connectivity index (χ3v) is 6.20. The van der Waals surface area contributed by atoms with E-state index in [9.17, 15) is 19.5 Å². The van der Waals surface area contributed by atoms with Gasteiger partial charge in [0, 0.05) is 20.0 Å². The van der Waals surface area contributed by atoms with Crippen molar-refractivity contribution in [1.82, 2.24) is 9.80 Å². The summed E-state index contributed by atoms with van der Waals surface area (Å²) >= 11 is 12.7. The Hall–Kier alpha value is -3.27. The molecular weight excluding hydrogens is 511 g/mol. The van der Waals surface area contributed by atoms with Crippen LogP contribution in [-0.2, 0) is 14.4 Å². The Morgan fingerprint density at radius 3 is 2.22 bits per heavy atom. The molecule has 1 saturated heterocycles. The van der Waals surface area contributed by atoms with Crippen LogP contribution >= 0.6 is 23.2 Å². The molecular formula is C25H26Cl2N2O7. The molecule has 1 aliphatic heterocycles. The zero-order valence-corrected chi connectivity index (χ0v) is 21.9. The monoisotopic (exact) mass is 536 g/mol. The summed E-state index contributed by atoms with van der Waals surface area (Å²) in [5, 5.41) is 11.5. The lowest BCUT2D eigenvalue weighted by molar-refractivity contribution is -0.140. The van der Waals surface area contributed by atoms with Gasteiger partial charge in [-0.15, -0.1) is 0 Å². The molecule has 1 amide bonds. The topological polar surface area (TPSA) is 106 Å². The van der Waals surface area contributed by atoms with E-state index in [4.69, 9.17) is 37.4 Å². The van der Waals surface area contributed by atoms with Crippen LogP contribution in [0.25, 0.3) is 5.76 Å². The predicted molar refractivity (Wildman–Crippen MR) is 135 cm³/mol. The lowest BCUT2D eigenvalue weighted by Gasteiger charge is -2.27. The number of esters is 1. The zero-order chi connectivity index (χ0) is 26.7. The number of hydrogen-bond acceptors (Lipinski definition) is 8. The first-order chi connectivity index (χ1) is 17.0. The molecule has 0 bridgehead atoms. The summed E-state index contributed by atoms with van der Waals surface area (Å²) in [6.07, 6.45) is 0. The number of hydrogen-bond donors (Lipinski definition) is 1. The second-order valence-corrected chi connectivity index (χ2v) is 9.03. The van der Waals surface area contributed by atoms with E-state index in [1.165, 1.54) is 32.1 Å². The van der Waals surface area contributed by atoms with E-state index in [0.29, 0.717) is 17.9 Å². The normalized spacial score (nSPS) is 17.0. The number of nitrogens with zero attached hydrogens (tertiary/aromatic N) is 2. The maximum atomic E-state index is 13.2. The molecule has 1 heterocycles. The Balaban J connectivity index is 2.23. The Bertz CT molecular complexity index is 1230. The van der Waals surface area contributed by atoms with Crippen molar-refractivity contribution in [2.75, 3.05) is 41.4 Å². The molecule has 1 N–H and O–H groups in total. The number of likely N-dealkylation sites (tertiary alicyclic amines) is 1. The number of ether oxygens (including phenoxy) is 3. The highest BCUT2D eigenvalue weighted by atomic mass is 35.5. The number of likely N-dealkylation sites (N-methyl/N-ethyl adjacent to an activating group) is 1. The third kappa shape index (κ3) is 5.28. The number of halogens is 2. The molecule has 36 heavy (non-hydrogen) atoms. The first-order valence-corrected chi connectivity index (χ1v) is 11.6. The van der Waals surface area contributed by atoms with Gasteiger partial charge in [0.2, 0.25) is 0 Å². The van der Waals surface area contributed by atoms with Gasteiger partial charge in [-0.2, -0.15) is 0 Å². The molecule has 1 fully saturated rings. The van der Waals surface area contributed by atoms with Crippen LogP contribution in [0.1, 0.15) is 24.1 Å². The lowest BCUT2D eigenvalue weighted by Crippen LogP contribution is -2.35. The Labute approximate surface area is 218 Å². The maximum Gasteiger partial charge on any atom is 0.308 e. The fourth-order valence-corrected chi connectivity index (χ4v) is 4.63. The fraction of sp³-hybridized carbons (Fsp3) is 0.320. The summed E-state index contributed by atoms with van der Waals surface area (Å²) in [6, 6.07) is 6.76. The Morgan fingerprint density at radius 2 is 1.69 bits per heavy atom. The van der Waals surface area contributed by atoms with Crippen LogP contribution < -0.4 is 14.2 Å². The van der Waals surface area contributed by atoms with E-state index in [1.54, 1.807) is 24.3 Å². The van der Waals surface area contributed by atoms with Crippen LogP contribution in [0.15, 0.2) is 35.9 Å². The van der Waals surface area contributed by atoms with Crippen molar-refractivity contribution >= 4 is 46.6 Å². The number of Topliss-reactive ketones (excluding diaryl/α,β-unsaturated/α-hetero) is 1. The van der Waals surface area contributed by atoms with Gasteiger partial charge in [0.1, 0.15) is 16.5 Å². The minimum Gasteiger partial charge on any atom is -0.507 e. The van der Waals surface area contributed by atoms with E-state index in [-0.39, 0.29) is 39.2 Å². The minimum absolute atomic E-state index is 0.00169. The number of ketones is 1. The summed E-state index contributed by atoms with van der Waals surface area (Å²) in [5.41, 5.74) is 0.394. The molecule has 1 atom stereocenters. The molecule has 9 nitrogen and oxygen atoms in total. The first kappa shape index (κ1) is 27.3. The molecule has 2 aromatic carbocycles. The van der Waals surface area contributed by atoms with Crippen molar-refractivity contribution in [3.63, 3.8) is 0 Å². The largest absolute Gasteiger partial charge is 0.507 e. The van der Waals surface area contributed by atoms with Gasteiger partial charge in [-0.05, 0) is 37.9 Å². The van der Waals surface area contributed by atoms with Crippen LogP contribution in [0.5, 0.6) is 17.2 Å². The number of aliphatic hydroxyl groups is 1. The highest BCUT2D eigenvalue weighted by molar-refractivity contribution is 6.47. The number of aliphatic hydroxyl groups excluding tert-OH is 1. The van der Waals surface area contributed by atoms with Crippen LogP contribution in [-0.4, -0.2) is 74.0 Å². The summed E-state index contributed by atoms with van der Waals surface area (Å²) in [5.74, 6) is -2.16. The van der Waals surface area contributed by atoms with Gasteiger partial charge in [-0.3, -0.25) is 14.4 Å². The van der Waals surface area contributed by atoms with Gasteiger partial charge in [0.15, 0.2) is 11.5 Å². The first-order valence-electron chi connectivity index (χ1n) is 10.8. The van der Waals surface area contributed by atoms with E-state index in [1.807, 2.05) is 19.0 Å². The van der Waals surface area contributed by atoms with E-state index < -0.39 is 29.5 Å². The maximum absolute atomic E-state index is 13.2. The van der Waals surface area contributed by atoms with Crippen LogP contribution in [0.2, 0.25) is 10.0 Å². The highest BCUT2D eigenvalue weighted by Crippen LogP contribution is 2.47. The molecule has 0 saturated carbocycles. The summed E-state index contributed by atoms with van der Waals surface area (Å²) in [6.45, 7) is 1.97. The van der Waals surface area contributed by atoms with Crippen molar-refractivity contribution in [3.05, 3.63) is 57.1 Å². The van der Waals surface area contributed by atoms with E-state index in [0.717, 1.165) is 0 Å². The highest BCUT2D eigenvalue weighted by Gasteiger charge is 2.46. The van der Waals surface area contributed by atoms with Crippen LogP contribution in [0, 0.1) is 0 Å². The number of carbonyl (C=O) groups is 3. The number of methoxy groups -OCH3 is 2. The summed E-state index contributed by atoms with van der Waals surface area (Å²) in [4.78, 5) is 40.9.